The zero-order chi connectivity index (χ0) is 6.69. The number of carbonyl (C=O) groups excluding carboxylic acids is 1. The lowest BCUT2D eigenvalue weighted by atomic mass is 10.3. The van der Waals surface area contributed by atoms with Crippen LogP contribution in [0.2, 0.25) is 0 Å². The number of rotatable bonds is 1. The molecule has 0 amide bonds. The molecule has 1 radical (unpaired) electrons. The van der Waals surface area contributed by atoms with Gasteiger partial charge in [0.05, 0.1) is 0 Å². The largest absolute Gasteiger partial charge is 0.285 e. The van der Waals surface area contributed by atoms with Gasteiger partial charge >= 0.3 is 0 Å². The van der Waals surface area contributed by atoms with Gasteiger partial charge in [0.25, 0.3) is 0 Å². The lowest BCUT2D eigenvalue weighted by Crippen LogP contribution is -1.84. The van der Waals surface area contributed by atoms with Crippen molar-refractivity contribution in [1.29, 1.82) is 0 Å². The van der Waals surface area contributed by atoms with Crippen molar-refractivity contribution in [2.24, 2.45) is 0 Å². The second-order valence-corrected chi connectivity index (χ2v) is 1.47. The molecular weight excluding hydrogens is 121 g/mol. The molecule has 0 aromatic carbocycles. The lowest BCUT2D eigenvalue weighted by Gasteiger charge is -1.84. The molecule has 0 bridgehead atoms. The summed E-state index contributed by atoms with van der Waals surface area (Å²) < 4.78 is 12.0. The average molecular weight is 124 g/mol. The van der Waals surface area contributed by atoms with Crippen LogP contribution in [0, 0.1) is 5.95 Å². The molecule has 1 aromatic rings. The van der Waals surface area contributed by atoms with Crippen LogP contribution in [0.4, 0.5) is 4.39 Å². The summed E-state index contributed by atoms with van der Waals surface area (Å²) in [7, 11) is 0. The minimum Gasteiger partial charge on any atom is -0.285 e. The fraction of sp³-hybridized carbons (Fsp3) is 0. The van der Waals surface area contributed by atoms with Gasteiger partial charge in [-0.1, -0.05) is 0 Å². The number of aromatic nitrogens is 1. The summed E-state index contributed by atoms with van der Waals surface area (Å²) in [5, 5.41) is 0. The van der Waals surface area contributed by atoms with Gasteiger partial charge in [-0.2, -0.15) is 4.39 Å². The molecular formula is C6H3FNO. The van der Waals surface area contributed by atoms with Crippen LogP contribution in [0.15, 0.2) is 18.3 Å². The van der Waals surface area contributed by atoms with Gasteiger partial charge in [0.1, 0.15) is 0 Å². The van der Waals surface area contributed by atoms with Gasteiger partial charge in [0, 0.05) is 11.8 Å². The molecule has 0 spiro atoms. The molecule has 0 aliphatic carbocycles. The minimum absolute atomic E-state index is 0.261. The highest BCUT2D eigenvalue weighted by molar-refractivity contribution is 5.74. The molecule has 3 heteroatoms. The Labute approximate surface area is 51.3 Å². The van der Waals surface area contributed by atoms with Crippen molar-refractivity contribution in [2.45, 2.75) is 0 Å². The summed E-state index contributed by atoms with van der Waals surface area (Å²) in [6.07, 6.45) is 2.70. The first-order chi connectivity index (χ1) is 4.33. The average Bonchev–Trinajstić information content (AvgIpc) is 1.90. The third-order valence-electron chi connectivity index (χ3n) is 0.845. The molecule has 2 nitrogen and oxygen atoms in total. The Morgan fingerprint density at radius 1 is 1.56 bits per heavy atom. The summed E-state index contributed by atoms with van der Waals surface area (Å²) in [5.74, 6) is -0.589. The monoisotopic (exact) mass is 124 g/mol. The highest BCUT2D eigenvalue weighted by Gasteiger charge is 1.90. The highest BCUT2D eigenvalue weighted by atomic mass is 19.1. The Morgan fingerprint density at radius 3 is 2.78 bits per heavy atom. The van der Waals surface area contributed by atoms with Crippen molar-refractivity contribution in [3.63, 3.8) is 0 Å². The van der Waals surface area contributed by atoms with Crippen LogP contribution in [-0.4, -0.2) is 11.3 Å². The fourth-order valence-corrected chi connectivity index (χ4v) is 0.436. The zero-order valence-electron chi connectivity index (χ0n) is 4.47. The molecule has 0 unspecified atom stereocenters. The molecule has 0 fully saturated rings. The second kappa shape index (κ2) is 2.35. The van der Waals surface area contributed by atoms with Crippen LogP contribution in [-0.2, 0) is 4.79 Å². The van der Waals surface area contributed by atoms with Crippen LogP contribution < -0.4 is 0 Å². The van der Waals surface area contributed by atoms with Crippen molar-refractivity contribution in [3.8, 4) is 0 Å². The van der Waals surface area contributed by atoms with E-state index in [1.54, 1.807) is 6.29 Å². The molecule has 1 aromatic heterocycles. The van der Waals surface area contributed by atoms with Gasteiger partial charge in [0.2, 0.25) is 12.2 Å². The maximum atomic E-state index is 12.0. The number of hydrogen-bond donors (Lipinski definition) is 0. The zero-order valence-corrected chi connectivity index (χ0v) is 4.47. The smallest absolute Gasteiger partial charge is 0.235 e. The first-order valence-corrected chi connectivity index (χ1v) is 2.32. The van der Waals surface area contributed by atoms with Crippen LogP contribution in [0.5, 0.6) is 0 Å². The highest BCUT2D eigenvalue weighted by Crippen LogP contribution is 1.93. The Kier molecular flexibility index (Phi) is 1.53. The van der Waals surface area contributed by atoms with E-state index in [1.807, 2.05) is 0 Å². The summed E-state index contributed by atoms with van der Waals surface area (Å²) in [4.78, 5) is 13.1. The van der Waals surface area contributed by atoms with Crippen LogP contribution in [0.1, 0.15) is 5.56 Å². The minimum atomic E-state index is -0.589. The molecule has 9 heavy (non-hydrogen) atoms. The molecule has 0 saturated carbocycles. The maximum Gasteiger partial charge on any atom is 0.235 e. The quantitative estimate of drug-likeness (QED) is 0.515. The summed E-state index contributed by atoms with van der Waals surface area (Å²) >= 11 is 0. The van der Waals surface area contributed by atoms with E-state index in [0.717, 1.165) is 12.3 Å². The van der Waals surface area contributed by atoms with E-state index in [1.165, 1.54) is 6.07 Å². The van der Waals surface area contributed by atoms with E-state index in [-0.39, 0.29) is 5.56 Å². The second-order valence-electron chi connectivity index (χ2n) is 1.47. The van der Waals surface area contributed by atoms with E-state index in [9.17, 15) is 9.18 Å². The van der Waals surface area contributed by atoms with Crippen molar-refractivity contribution in [1.82, 2.24) is 4.98 Å². The van der Waals surface area contributed by atoms with Crippen molar-refractivity contribution < 1.29 is 9.18 Å². The summed E-state index contributed by atoms with van der Waals surface area (Å²) in [6, 6.07) is 2.43. The predicted octanol–water partition coefficient (Wildman–Crippen LogP) is 0.678. The number of nitrogens with zero attached hydrogens (tertiary/aromatic N) is 1. The number of pyridine rings is 1. The third kappa shape index (κ3) is 1.32. The Bertz CT molecular complexity index is 207. The number of halogens is 1. The molecule has 45 valence electrons. The van der Waals surface area contributed by atoms with E-state index < -0.39 is 5.95 Å². The molecule has 0 atom stereocenters. The molecule has 0 N–H and O–H groups in total. The predicted molar refractivity (Wildman–Crippen MR) is 29.0 cm³/mol. The van der Waals surface area contributed by atoms with E-state index >= 15 is 0 Å². The first kappa shape index (κ1) is 5.88. The Morgan fingerprint density at radius 2 is 2.33 bits per heavy atom. The van der Waals surface area contributed by atoms with E-state index in [0.29, 0.717) is 0 Å². The summed E-state index contributed by atoms with van der Waals surface area (Å²) in [5.41, 5.74) is 0.261. The van der Waals surface area contributed by atoms with E-state index in [4.69, 9.17) is 0 Å². The van der Waals surface area contributed by atoms with Gasteiger partial charge in [-0.15, -0.1) is 0 Å². The SMILES string of the molecule is O=[C]c1ccc(F)nc1. The van der Waals surface area contributed by atoms with Gasteiger partial charge in [-0.3, -0.25) is 4.79 Å². The van der Waals surface area contributed by atoms with Crippen molar-refractivity contribution >= 4 is 6.29 Å². The van der Waals surface area contributed by atoms with Gasteiger partial charge < -0.3 is 0 Å². The van der Waals surface area contributed by atoms with Crippen molar-refractivity contribution in [3.05, 3.63) is 29.8 Å². The number of hydrogen-bond acceptors (Lipinski definition) is 2. The molecule has 0 aliphatic rings. The fourth-order valence-electron chi connectivity index (χ4n) is 0.436. The normalized spacial score (nSPS) is 9.00. The lowest BCUT2D eigenvalue weighted by molar-refractivity contribution is 0.561. The Hall–Kier alpha value is -1.25. The Balaban J connectivity index is 3.01. The molecule has 0 aliphatic heterocycles. The molecule has 1 rings (SSSR count). The van der Waals surface area contributed by atoms with Crippen LogP contribution >= 0.6 is 0 Å². The maximum absolute atomic E-state index is 12.0. The molecule has 0 saturated heterocycles. The topological polar surface area (TPSA) is 30.0 Å². The van der Waals surface area contributed by atoms with Gasteiger partial charge in [-0.05, 0) is 12.1 Å². The third-order valence-corrected chi connectivity index (χ3v) is 0.845. The molecule has 1 heterocycles. The van der Waals surface area contributed by atoms with Crippen molar-refractivity contribution in [2.75, 3.05) is 0 Å². The van der Waals surface area contributed by atoms with Crippen LogP contribution in [0.3, 0.4) is 0 Å². The summed E-state index contributed by atoms with van der Waals surface area (Å²) in [6.45, 7) is 0. The van der Waals surface area contributed by atoms with Crippen LogP contribution in [0.25, 0.3) is 0 Å². The van der Waals surface area contributed by atoms with E-state index in [2.05, 4.69) is 4.98 Å². The first-order valence-electron chi connectivity index (χ1n) is 2.32. The van der Waals surface area contributed by atoms with Gasteiger partial charge in [-0.25, -0.2) is 4.98 Å². The van der Waals surface area contributed by atoms with Gasteiger partial charge in [0.15, 0.2) is 0 Å². The standard InChI is InChI=1S/C6H3FNO/c7-6-2-1-5(4-9)3-8-6/h1-3H.